The molecule has 17 heavy (non-hydrogen) atoms. The number of nitrogen functional groups attached to an aromatic ring is 1. The maximum Gasteiger partial charge on any atom is 0.161 e. The summed E-state index contributed by atoms with van der Waals surface area (Å²) in [5, 5.41) is 0. The van der Waals surface area contributed by atoms with Crippen molar-refractivity contribution in [3.05, 3.63) is 23.8 Å². The minimum Gasteiger partial charge on any atom is -0.398 e. The summed E-state index contributed by atoms with van der Waals surface area (Å²) in [5.74, 6) is 0.847. The van der Waals surface area contributed by atoms with Gasteiger partial charge in [-0.1, -0.05) is 6.42 Å². The van der Waals surface area contributed by atoms with Crippen molar-refractivity contribution in [2.24, 2.45) is 5.92 Å². The van der Waals surface area contributed by atoms with Crippen molar-refractivity contribution in [1.82, 2.24) is 0 Å². The molecule has 0 spiro atoms. The predicted molar refractivity (Wildman–Crippen MR) is 71.5 cm³/mol. The van der Waals surface area contributed by atoms with Crippen molar-refractivity contribution in [2.45, 2.75) is 26.2 Å². The van der Waals surface area contributed by atoms with Gasteiger partial charge in [0.2, 0.25) is 0 Å². The molecule has 1 aromatic rings. The third kappa shape index (κ3) is 2.60. The number of ketones is 1. The van der Waals surface area contributed by atoms with Crippen molar-refractivity contribution in [3.63, 3.8) is 0 Å². The average Bonchev–Trinajstić information content (AvgIpc) is 2.23. The Morgan fingerprint density at radius 3 is 2.71 bits per heavy atom. The normalized spacial score (nSPS) is 15.4. The van der Waals surface area contributed by atoms with Crippen molar-refractivity contribution in [1.29, 1.82) is 0 Å². The summed E-state index contributed by atoms with van der Waals surface area (Å²) in [7, 11) is 2.08. The van der Waals surface area contributed by atoms with Crippen molar-refractivity contribution < 1.29 is 4.79 Å². The van der Waals surface area contributed by atoms with Gasteiger partial charge in [-0.2, -0.15) is 0 Å². The molecule has 3 nitrogen and oxygen atoms in total. The van der Waals surface area contributed by atoms with Crippen LogP contribution >= 0.6 is 0 Å². The summed E-state index contributed by atoms with van der Waals surface area (Å²) in [4.78, 5) is 13.7. The minimum atomic E-state index is 0.0291. The maximum atomic E-state index is 11.4. The molecule has 0 bridgehead atoms. The second-order valence-corrected chi connectivity index (χ2v) is 5.01. The molecule has 1 saturated carbocycles. The van der Waals surface area contributed by atoms with Crippen LogP contribution in [0.2, 0.25) is 0 Å². The average molecular weight is 232 g/mol. The Balaban J connectivity index is 2.14. The fourth-order valence-corrected chi connectivity index (χ4v) is 2.25. The van der Waals surface area contributed by atoms with E-state index in [1.807, 2.05) is 18.2 Å². The van der Waals surface area contributed by atoms with Gasteiger partial charge in [0.15, 0.2) is 5.78 Å². The molecule has 1 aromatic carbocycles. The number of rotatable bonds is 4. The molecule has 0 radical (unpaired) electrons. The molecule has 0 heterocycles. The van der Waals surface area contributed by atoms with Gasteiger partial charge in [-0.15, -0.1) is 0 Å². The lowest BCUT2D eigenvalue weighted by atomic mass is 9.85. The molecule has 0 atom stereocenters. The van der Waals surface area contributed by atoms with E-state index in [-0.39, 0.29) is 5.78 Å². The third-order valence-corrected chi connectivity index (χ3v) is 3.61. The lowest BCUT2D eigenvalue weighted by molar-refractivity contribution is 0.101. The molecule has 2 rings (SSSR count). The van der Waals surface area contributed by atoms with Crippen LogP contribution in [0.5, 0.6) is 0 Å². The van der Waals surface area contributed by atoms with E-state index in [0.717, 1.165) is 18.2 Å². The summed E-state index contributed by atoms with van der Waals surface area (Å²) in [6, 6.07) is 5.71. The molecule has 1 fully saturated rings. The number of anilines is 2. The number of Topliss-reactive ketones (excluding diaryl/α,β-unsaturated/α-hetero) is 1. The van der Waals surface area contributed by atoms with E-state index in [9.17, 15) is 4.79 Å². The van der Waals surface area contributed by atoms with E-state index in [0.29, 0.717) is 11.3 Å². The van der Waals surface area contributed by atoms with Crippen LogP contribution in [0.1, 0.15) is 36.5 Å². The quantitative estimate of drug-likeness (QED) is 0.641. The van der Waals surface area contributed by atoms with Crippen LogP contribution in [0.4, 0.5) is 11.4 Å². The van der Waals surface area contributed by atoms with Crippen LogP contribution in [0.15, 0.2) is 18.2 Å². The highest BCUT2D eigenvalue weighted by molar-refractivity contribution is 6.00. The van der Waals surface area contributed by atoms with Crippen LogP contribution in [0.3, 0.4) is 0 Å². The second kappa shape index (κ2) is 4.78. The van der Waals surface area contributed by atoms with Crippen molar-refractivity contribution >= 4 is 17.2 Å². The fraction of sp³-hybridized carbons (Fsp3) is 0.500. The van der Waals surface area contributed by atoms with Crippen LogP contribution in [0.25, 0.3) is 0 Å². The van der Waals surface area contributed by atoms with Gasteiger partial charge in [0, 0.05) is 30.5 Å². The summed E-state index contributed by atoms with van der Waals surface area (Å²) in [5.41, 5.74) is 8.07. The zero-order valence-corrected chi connectivity index (χ0v) is 10.6. The van der Waals surface area contributed by atoms with Crippen LogP contribution in [-0.2, 0) is 0 Å². The SMILES string of the molecule is CC(=O)c1cc(N(C)CC2CCC2)ccc1N. The van der Waals surface area contributed by atoms with Gasteiger partial charge in [0.25, 0.3) is 0 Å². The number of benzene rings is 1. The first-order chi connectivity index (χ1) is 8.08. The van der Waals surface area contributed by atoms with E-state index < -0.39 is 0 Å². The molecule has 0 amide bonds. The van der Waals surface area contributed by atoms with Crippen molar-refractivity contribution in [3.8, 4) is 0 Å². The Kier molecular flexibility index (Phi) is 3.36. The molecule has 1 aliphatic carbocycles. The minimum absolute atomic E-state index is 0.0291. The highest BCUT2D eigenvalue weighted by Gasteiger charge is 2.19. The topological polar surface area (TPSA) is 46.3 Å². The van der Waals surface area contributed by atoms with Crippen LogP contribution in [-0.4, -0.2) is 19.4 Å². The molecular weight excluding hydrogens is 212 g/mol. The number of carbonyl (C=O) groups is 1. The smallest absolute Gasteiger partial charge is 0.161 e. The molecule has 2 N–H and O–H groups in total. The molecule has 3 heteroatoms. The molecular formula is C14H20N2O. The summed E-state index contributed by atoms with van der Waals surface area (Å²) in [6.45, 7) is 2.63. The predicted octanol–water partition coefficient (Wildman–Crippen LogP) is 2.71. The Morgan fingerprint density at radius 2 is 2.18 bits per heavy atom. The zero-order chi connectivity index (χ0) is 12.4. The Labute approximate surface area is 103 Å². The fourth-order valence-electron chi connectivity index (χ4n) is 2.25. The van der Waals surface area contributed by atoms with Gasteiger partial charge in [-0.25, -0.2) is 0 Å². The summed E-state index contributed by atoms with van der Waals surface area (Å²) < 4.78 is 0. The van der Waals surface area contributed by atoms with Gasteiger partial charge in [-0.3, -0.25) is 4.79 Å². The van der Waals surface area contributed by atoms with Gasteiger partial charge in [0.05, 0.1) is 0 Å². The first-order valence-electron chi connectivity index (χ1n) is 6.19. The highest BCUT2D eigenvalue weighted by Crippen LogP contribution is 2.29. The van der Waals surface area contributed by atoms with Gasteiger partial charge in [-0.05, 0) is 43.9 Å². The lowest BCUT2D eigenvalue weighted by Crippen LogP contribution is -2.29. The Morgan fingerprint density at radius 1 is 1.47 bits per heavy atom. The summed E-state index contributed by atoms with van der Waals surface area (Å²) in [6.07, 6.45) is 4.02. The largest absolute Gasteiger partial charge is 0.398 e. The van der Waals surface area contributed by atoms with E-state index in [4.69, 9.17) is 5.73 Å². The zero-order valence-electron chi connectivity index (χ0n) is 10.6. The van der Waals surface area contributed by atoms with Gasteiger partial charge >= 0.3 is 0 Å². The highest BCUT2D eigenvalue weighted by atomic mass is 16.1. The van der Waals surface area contributed by atoms with Crippen LogP contribution < -0.4 is 10.6 Å². The first kappa shape index (κ1) is 12.0. The number of hydrogen-bond donors (Lipinski definition) is 1. The molecule has 92 valence electrons. The molecule has 0 aromatic heterocycles. The Bertz CT molecular complexity index is 424. The Hall–Kier alpha value is -1.51. The lowest BCUT2D eigenvalue weighted by Gasteiger charge is -2.31. The third-order valence-electron chi connectivity index (χ3n) is 3.61. The van der Waals surface area contributed by atoms with Crippen molar-refractivity contribution in [2.75, 3.05) is 24.2 Å². The molecule has 0 unspecified atom stereocenters. The number of nitrogens with zero attached hydrogens (tertiary/aromatic N) is 1. The number of nitrogens with two attached hydrogens (primary N) is 1. The van der Waals surface area contributed by atoms with E-state index in [1.165, 1.54) is 19.3 Å². The number of hydrogen-bond acceptors (Lipinski definition) is 3. The van der Waals surface area contributed by atoms with E-state index in [1.54, 1.807) is 6.92 Å². The number of carbonyl (C=O) groups excluding carboxylic acids is 1. The maximum absolute atomic E-state index is 11.4. The van der Waals surface area contributed by atoms with Gasteiger partial charge < -0.3 is 10.6 Å². The second-order valence-electron chi connectivity index (χ2n) is 5.01. The van der Waals surface area contributed by atoms with E-state index in [2.05, 4.69) is 11.9 Å². The van der Waals surface area contributed by atoms with Crippen LogP contribution in [0, 0.1) is 5.92 Å². The van der Waals surface area contributed by atoms with E-state index >= 15 is 0 Å². The van der Waals surface area contributed by atoms with Gasteiger partial charge in [0.1, 0.15) is 0 Å². The first-order valence-corrected chi connectivity index (χ1v) is 6.19. The monoisotopic (exact) mass is 232 g/mol. The summed E-state index contributed by atoms with van der Waals surface area (Å²) >= 11 is 0. The standard InChI is InChI=1S/C14H20N2O/c1-10(17)13-8-12(6-7-14(13)15)16(2)9-11-4-3-5-11/h6-8,11H,3-5,9,15H2,1-2H3. The molecule has 0 saturated heterocycles. The molecule has 1 aliphatic rings. The molecule has 0 aliphatic heterocycles.